The van der Waals surface area contributed by atoms with Gasteiger partial charge in [-0.2, -0.15) is 39.9 Å². The molecule has 0 unspecified atom stereocenters. The number of thiophene rings is 4. The number of halogens is 4. The van der Waals surface area contributed by atoms with Crippen LogP contribution in [0.25, 0.3) is 205 Å². The van der Waals surface area contributed by atoms with Crippen molar-refractivity contribution in [2.45, 2.75) is 0 Å². The molecule has 0 amide bonds. The van der Waals surface area contributed by atoms with Crippen molar-refractivity contribution < 1.29 is 0 Å². The second-order valence-electron chi connectivity index (χ2n) is 27.9. The number of fused-ring (bicyclic) bond motifs is 13. The van der Waals surface area contributed by atoms with Crippen LogP contribution in [0.2, 0.25) is 21.1 Å². The van der Waals surface area contributed by atoms with Crippen LogP contribution in [0.4, 0.5) is 0 Å². The Morgan fingerprint density at radius 1 is 0.167 bits per heavy atom. The van der Waals surface area contributed by atoms with E-state index in [0.29, 0.717) is 46.6 Å². The predicted molar refractivity (Wildman–Crippen MR) is 503 cm³/mol. The van der Waals surface area contributed by atoms with E-state index in [1.807, 2.05) is 146 Å². The fraction of sp³-hybridized carbons (Fsp3) is 0. The molecule has 0 atom stereocenters. The van der Waals surface area contributed by atoms with Gasteiger partial charge in [-0.1, -0.05) is 297 Å². The van der Waals surface area contributed by atoms with Crippen molar-refractivity contribution in [3.8, 4) is 113 Å². The van der Waals surface area contributed by atoms with Crippen molar-refractivity contribution in [1.29, 1.82) is 0 Å². The molecule has 8 aromatic heterocycles. The maximum absolute atomic E-state index is 6.36. The summed E-state index contributed by atoms with van der Waals surface area (Å²) in [5, 5.41) is 12.6. The highest BCUT2D eigenvalue weighted by Crippen LogP contribution is 2.45. The van der Waals surface area contributed by atoms with Crippen LogP contribution in [0.3, 0.4) is 0 Å². The summed E-state index contributed by atoms with van der Waals surface area (Å²) < 4.78 is 9.75. The normalized spacial score (nSPS) is 11.3. The van der Waals surface area contributed by atoms with E-state index in [-0.39, 0.29) is 21.1 Å². The zero-order valence-electron chi connectivity index (χ0n) is 63.0. The van der Waals surface area contributed by atoms with E-state index in [2.05, 4.69) is 246 Å². The van der Waals surface area contributed by atoms with Gasteiger partial charge in [-0.3, -0.25) is 0 Å². The summed E-state index contributed by atoms with van der Waals surface area (Å²) in [4.78, 5) is 54.5. The van der Waals surface area contributed by atoms with Crippen LogP contribution in [-0.2, 0) is 0 Å². The molecular weight excluding hydrogens is 1640 g/mol. The smallest absolute Gasteiger partial charge is 0.208 e. The predicted octanol–water partition coefficient (Wildman–Crippen LogP) is 29.4. The summed E-state index contributed by atoms with van der Waals surface area (Å²) in [5.41, 5.74) is 12.1. The zero-order valence-corrected chi connectivity index (χ0v) is 69.3. The van der Waals surface area contributed by atoms with Gasteiger partial charge in [0.05, 0.1) is 0 Å². The van der Waals surface area contributed by atoms with Crippen molar-refractivity contribution in [3.63, 3.8) is 0 Å². The largest absolute Gasteiger partial charge is 0.226 e. The molecule has 0 saturated carbocycles. The van der Waals surface area contributed by atoms with Gasteiger partial charge in [0.2, 0.25) is 21.1 Å². The maximum atomic E-state index is 6.36. The third kappa shape index (κ3) is 15.3. The second-order valence-corrected chi connectivity index (χ2v) is 33.6. The summed E-state index contributed by atoms with van der Waals surface area (Å²) in [6, 6.07) is 120. The van der Waals surface area contributed by atoms with Crippen LogP contribution in [-0.4, -0.2) is 59.8 Å². The molecule has 0 saturated heterocycles. The van der Waals surface area contributed by atoms with Gasteiger partial charge in [0.25, 0.3) is 0 Å². The van der Waals surface area contributed by atoms with Gasteiger partial charge < -0.3 is 0 Å². The van der Waals surface area contributed by atoms with Crippen LogP contribution in [0.15, 0.2) is 352 Å². The summed E-state index contributed by atoms with van der Waals surface area (Å²) in [7, 11) is 0. The van der Waals surface area contributed by atoms with E-state index < -0.39 is 0 Å². The minimum Gasteiger partial charge on any atom is -0.208 e. The molecule has 0 fully saturated rings. The zero-order chi connectivity index (χ0) is 80.6. The summed E-state index contributed by atoms with van der Waals surface area (Å²) >= 11 is 32.4. The molecule has 8 heterocycles. The Labute approximate surface area is 723 Å². The first-order valence-electron chi connectivity index (χ1n) is 38.2. The average Bonchev–Trinajstić information content (AvgIpc) is 1.62. The van der Waals surface area contributed by atoms with Crippen molar-refractivity contribution in [2.24, 2.45) is 0 Å². The molecule has 0 aliphatic heterocycles. The van der Waals surface area contributed by atoms with E-state index in [9.17, 15) is 0 Å². The Morgan fingerprint density at radius 2 is 0.433 bits per heavy atom. The van der Waals surface area contributed by atoms with Crippen molar-refractivity contribution >= 4 is 183 Å². The van der Waals surface area contributed by atoms with Gasteiger partial charge in [-0.05, 0) is 134 Å². The number of rotatable bonds is 10. The molecule has 15 aromatic carbocycles. The van der Waals surface area contributed by atoms with Gasteiger partial charge in [-0.25, -0.2) is 19.9 Å². The van der Waals surface area contributed by atoms with Gasteiger partial charge in [0, 0.05) is 125 Å². The minimum atomic E-state index is 0.189. The van der Waals surface area contributed by atoms with Crippen LogP contribution in [0, 0.1) is 0 Å². The quantitative estimate of drug-likeness (QED) is 0.128. The van der Waals surface area contributed by atoms with Gasteiger partial charge >= 0.3 is 0 Å². The Balaban J connectivity index is 0.000000103. The van der Waals surface area contributed by atoms with E-state index in [0.717, 1.165) is 81.9 Å². The van der Waals surface area contributed by atoms with Crippen LogP contribution in [0.1, 0.15) is 0 Å². The molecule has 20 heteroatoms. The molecule has 23 aromatic rings. The topological polar surface area (TPSA) is 155 Å². The third-order valence-electron chi connectivity index (χ3n) is 20.5. The molecule has 0 radical (unpaired) electrons. The molecule has 0 aliphatic rings. The van der Waals surface area contributed by atoms with E-state index in [4.69, 9.17) is 66.3 Å². The Morgan fingerprint density at radius 3 is 0.850 bits per heavy atom. The van der Waals surface area contributed by atoms with Crippen LogP contribution in [0.5, 0.6) is 0 Å². The van der Waals surface area contributed by atoms with Crippen LogP contribution >= 0.6 is 91.8 Å². The van der Waals surface area contributed by atoms with E-state index in [1.54, 1.807) is 45.3 Å². The summed E-state index contributed by atoms with van der Waals surface area (Å²) in [6.07, 6.45) is 0. The van der Waals surface area contributed by atoms with Crippen molar-refractivity contribution in [2.75, 3.05) is 0 Å². The molecule has 12 nitrogen and oxygen atoms in total. The number of nitrogens with zero attached hydrogens (tertiary/aromatic N) is 12. The molecule has 23 rings (SSSR count). The first-order valence-corrected chi connectivity index (χ1v) is 43.0. The molecule has 0 spiro atoms. The highest BCUT2D eigenvalue weighted by molar-refractivity contribution is 7.27. The van der Waals surface area contributed by atoms with Gasteiger partial charge in [0.15, 0.2) is 46.6 Å². The lowest BCUT2D eigenvalue weighted by atomic mass is 10.0. The van der Waals surface area contributed by atoms with Crippen LogP contribution < -0.4 is 0 Å². The standard InChI is InChI=1S/2C27H16ClN3S.C25H14ClN3S.C21H12ClN3S/c28-27-30-25(19-15-13-18(14-16-19)17-7-2-1-3-8-17)29-26(31-27)22-11-6-10-21-20-9-4-5-12-23(20)32-24(21)22;28-27-30-25(19-15-13-18(14-16-19)17-7-2-1-3-8-17)29-26(31-27)21-10-6-12-23-24(21)20-9-4-5-11-22(20)32-23;26-25-28-23(17-13-12-15-6-1-2-7-16(15)14-17)27-24(29-25)19-9-5-11-21-22(19)18-8-3-4-10-20(18)30-21;22-21-24-19(13-7-2-1-3-8-13)23-20(25-21)15-10-6-12-17-18(15)14-9-4-5-11-16(14)26-17/h2*1-16H;1-14H;1-12H. The number of aromatic nitrogens is 12. The first-order chi connectivity index (χ1) is 59.1. The summed E-state index contributed by atoms with van der Waals surface area (Å²) in [5.74, 6) is 4.65. The maximum Gasteiger partial charge on any atom is 0.226 e. The lowest BCUT2D eigenvalue weighted by molar-refractivity contribution is 1.07. The minimum absolute atomic E-state index is 0.189. The SMILES string of the molecule is Clc1nc(-c2ccc(-c3ccccc3)cc2)nc(-c2cccc3c2sc2ccccc23)n1.Clc1nc(-c2ccc(-c3ccccc3)cc2)nc(-c2cccc3sc4ccccc4c23)n1.Clc1nc(-c2ccc3ccccc3c2)nc(-c2cccc3sc4ccccc4c23)n1.Clc1nc(-c2ccccc2)nc(-c2cccc3sc4ccccc4c23)n1. The Hall–Kier alpha value is -13.4. The number of hydrogen-bond donors (Lipinski definition) is 0. The lowest BCUT2D eigenvalue weighted by Crippen LogP contribution is -1.97. The lowest BCUT2D eigenvalue weighted by Gasteiger charge is -2.07. The summed E-state index contributed by atoms with van der Waals surface area (Å²) in [6.45, 7) is 0. The molecule has 0 N–H and O–H groups in total. The van der Waals surface area contributed by atoms with Crippen molar-refractivity contribution in [1.82, 2.24) is 59.8 Å². The molecule has 120 heavy (non-hydrogen) atoms. The highest BCUT2D eigenvalue weighted by Gasteiger charge is 2.22. The first kappa shape index (κ1) is 75.4. The van der Waals surface area contributed by atoms with E-state index >= 15 is 0 Å². The Kier molecular flexibility index (Phi) is 20.9. The second kappa shape index (κ2) is 33.2. The number of hydrogen-bond acceptors (Lipinski definition) is 16. The monoisotopic (exact) mass is 1690 g/mol. The molecule has 0 bridgehead atoms. The molecular formula is C100H58Cl4N12S4. The fourth-order valence-electron chi connectivity index (χ4n) is 15.0. The third-order valence-corrected chi connectivity index (χ3v) is 25.9. The Bertz CT molecular complexity index is 7800. The van der Waals surface area contributed by atoms with Crippen molar-refractivity contribution in [3.05, 3.63) is 373 Å². The van der Waals surface area contributed by atoms with Gasteiger partial charge in [0.1, 0.15) is 0 Å². The number of benzene rings is 15. The average molecular weight is 1700 g/mol. The molecule has 0 aliphatic carbocycles. The molecule has 570 valence electrons. The highest BCUT2D eigenvalue weighted by atomic mass is 35.5. The van der Waals surface area contributed by atoms with E-state index in [1.165, 1.54) is 76.3 Å². The fourth-order valence-corrected chi connectivity index (χ4v) is 20.3. The van der Waals surface area contributed by atoms with Gasteiger partial charge in [-0.15, -0.1) is 45.3 Å².